The normalized spacial score (nSPS) is 12.4. The molecule has 106 valence electrons. The summed E-state index contributed by atoms with van der Waals surface area (Å²) in [6, 6.07) is 7.23. The average molecular weight is 282 g/mol. The predicted molar refractivity (Wildman–Crippen MR) is 68.2 cm³/mol. The highest BCUT2D eigenvalue weighted by Gasteiger charge is 2.17. The van der Waals surface area contributed by atoms with E-state index in [4.69, 9.17) is 0 Å². The van der Waals surface area contributed by atoms with Gasteiger partial charge in [-0.3, -0.25) is 4.98 Å². The monoisotopic (exact) mass is 282 g/mol. The standard InChI is InChI=1S/C14H13F3N2O/c1-18-13(11-5-6-19-8-12(11)15)9-3-2-4-10(7-9)20-14(16)17/h2-8,13-14,18H,1H3. The van der Waals surface area contributed by atoms with Crippen LogP contribution in [0.15, 0.2) is 42.7 Å². The van der Waals surface area contributed by atoms with E-state index in [1.807, 2.05) is 0 Å². The molecule has 2 rings (SSSR count). The molecule has 1 aromatic heterocycles. The lowest BCUT2D eigenvalue weighted by Gasteiger charge is -2.18. The summed E-state index contributed by atoms with van der Waals surface area (Å²) in [5.74, 6) is -0.431. The summed E-state index contributed by atoms with van der Waals surface area (Å²) >= 11 is 0. The van der Waals surface area contributed by atoms with Gasteiger partial charge in [0.15, 0.2) is 0 Å². The van der Waals surface area contributed by atoms with Crippen molar-refractivity contribution in [2.75, 3.05) is 7.05 Å². The van der Waals surface area contributed by atoms with Gasteiger partial charge in [0.25, 0.3) is 0 Å². The topological polar surface area (TPSA) is 34.1 Å². The number of nitrogens with one attached hydrogen (secondary N) is 1. The maximum atomic E-state index is 13.8. The van der Waals surface area contributed by atoms with E-state index in [2.05, 4.69) is 15.0 Å². The van der Waals surface area contributed by atoms with Crippen LogP contribution in [-0.4, -0.2) is 18.6 Å². The number of nitrogens with zero attached hydrogens (tertiary/aromatic N) is 1. The Hall–Kier alpha value is -2.08. The van der Waals surface area contributed by atoms with Gasteiger partial charge in [0, 0.05) is 11.8 Å². The summed E-state index contributed by atoms with van der Waals surface area (Å²) in [5.41, 5.74) is 1.01. The molecule has 0 spiro atoms. The Morgan fingerprint density at radius 3 is 2.70 bits per heavy atom. The highest BCUT2D eigenvalue weighted by atomic mass is 19.3. The van der Waals surface area contributed by atoms with Crippen LogP contribution in [0.1, 0.15) is 17.2 Å². The lowest BCUT2D eigenvalue weighted by atomic mass is 9.99. The third-order valence-corrected chi connectivity index (χ3v) is 2.82. The SMILES string of the molecule is CNC(c1cccc(OC(F)F)c1)c1ccncc1F. The van der Waals surface area contributed by atoms with Crippen LogP contribution in [0.3, 0.4) is 0 Å². The molecule has 0 saturated heterocycles. The Morgan fingerprint density at radius 1 is 1.25 bits per heavy atom. The fourth-order valence-corrected chi connectivity index (χ4v) is 1.99. The molecular formula is C14H13F3N2O. The number of alkyl halides is 2. The minimum absolute atomic E-state index is 0.0345. The van der Waals surface area contributed by atoms with Crippen molar-refractivity contribution in [1.29, 1.82) is 0 Å². The van der Waals surface area contributed by atoms with Crippen molar-refractivity contribution in [2.24, 2.45) is 0 Å². The molecule has 1 N–H and O–H groups in total. The van der Waals surface area contributed by atoms with Gasteiger partial charge in [-0.1, -0.05) is 12.1 Å². The van der Waals surface area contributed by atoms with Gasteiger partial charge in [-0.15, -0.1) is 0 Å². The second kappa shape index (κ2) is 6.38. The van der Waals surface area contributed by atoms with E-state index in [0.717, 1.165) is 6.20 Å². The Bertz CT molecular complexity index is 578. The van der Waals surface area contributed by atoms with Gasteiger partial charge in [0.2, 0.25) is 0 Å². The molecule has 1 heterocycles. The van der Waals surface area contributed by atoms with Gasteiger partial charge in [-0.2, -0.15) is 8.78 Å². The summed E-state index contributed by atoms with van der Waals surface area (Å²) in [7, 11) is 1.66. The third kappa shape index (κ3) is 3.27. The van der Waals surface area contributed by atoms with Gasteiger partial charge >= 0.3 is 6.61 Å². The Balaban J connectivity index is 2.35. The summed E-state index contributed by atoms with van der Waals surface area (Å²) in [4.78, 5) is 3.69. The second-order valence-corrected chi connectivity index (χ2v) is 4.07. The van der Waals surface area contributed by atoms with Crippen LogP contribution in [-0.2, 0) is 0 Å². The molecule has 3 nitrogen and oxygen atoms in total. The first-order valence-electron chi connectivity index (χ1n) is 5.93. The lowest BCUT2D eigenvalue weighted by Crippen LogP contribution is -2.19. The van der Waals surface area contributed by atoms with E-state index < -0.39 is 18.5 Å². The molecule has 0 bridgehead atoms. The maximum absolute atomic E-state index is 13.8. The predicted octanol–water partition coefficient (Wildman–Crippen LogP) is 3.13. The fraction of sp³-hybridized carbons (Fsp3) is 0.214. The third-order valence-electron chi connectivity index (χ3n) is 2.82. The smallest absolute Gasteiger partial charge is 0.387 e. The van der Waals surface area contributed by atoms with Crippen LogP contribution in [0, 0.1) is 5.82 Å². The van der Waals surface area contributed by atoms with E-state index in [1.54, 1.807) is 19.2 Å². The first-order valence-corrected chi connectivity index (χ1v) is 5.93. The van der Waals surface area contributed by atoms with E-state index in [1.165, 1.54) is 24.4 Å². The summed E-state index contributed by atoms with van der Waals surface area (Å²) < 4.78 is 42.5. The number of benzene rings is 1. The van der Waals surface area contributed by atoms with E-state index in [-0.39, 0.29) is 5.75 Å². The fourth-order valence-electron chi connectivity index (χ4n) is 1.99. The lowest BCUT2D eigenvalue weighted by molar-refractivity contribution is -0.0498. The summed E-state index contributed by atoms with van der Waals surface area (Å²) in [6.07, 6.45) is 2.58. The van der Waals surface area contributed by atoms with Crippen molar-refractivity contribution in [3.63, 3.8) is 0 Å². The molecule has 2 aromatic rings. The maximum Gasteiger partial charge on any atom is 0.387 e. The first kappa shape index (κ1) is 14.3. The molecule has 20 heavy (non-hydrogen) atoms. The Morgan fingerprint density at radius 2 is 2.05 bits per heavy atom. The van der Waals surface area contributed by atoms with E-state index >= 15 is 0 Å². The highest BCUT2D eigenvalue weighted by Crippen LogP contribution is 2.26. The molecular weight excluding hydrogens is 269 g/mol. The van der Waals surface area contributed by atoms with Crippen molar-refractivity contribution < 1.29 is 17.9 Å². The molecule has 0 saturated carbocycles. The summed E-state index contributed by atoms with van der Waals surface area (Å²) in [6.45, 7) is -2.89. The van der Waals surface area contributed by atoms with Gasteiger partial charge < -0.3 is 10.1 Å². The number of halogens is 3. The number of rotatable bonds is 5. The van der Waals surface area contributed by atoms with Crippen molar-refractivity contribution >= 4 is 0 Å². The Labute approximate surface area is 114 Å². The van der Waals surface area contributed by atoms with Crippen LogP contribution in [0.25, 0.3) is 0 Å². The minimum Gasteiger partial charge on any atom is -0.435 e. The Kier molecular flexibility index (Phi) is 4.57. The van der Waals surface area contributed by atoms with Crippen LogP contribution >= 0.6 is 0 Å². The van der Waals surface area contributed by atoms with Gasteiger partial charge in [-0.25, -0.2) is 4.39 Å². The molecule has 0 fully saturated rings. The number of ether oxygens (including phenoxy) is 1. The van der Waals surface area contributed by atoms with Crippen LogP contribution < -0.4 is 10.1 Å². The number of aromatic nitrogens is 1. The highest BCUT2D eigenvalue weighted by molar-refractivity contribution is 5.36. The molecule has 0 aliphatic heterocycles. The van der Waals surface area contributed by atoms with Crippen molar-refractivity contribution in [3.05, 3.63) is 59.7 Å². The first-order chi connectivity index (χ1) is 9.61. The number of hydrogen-bond donors (Lipinski definition) is 1. The zero-order chi connectivity index (χ0) is 14.5. The van der Waals surface area contributed by atoms with Gasteiger partial charge in [-0.05, 0) is 30.8 Å². The summed E-state index contributed by atoms with van der Waals surface area (Å²) in [5, 5.41) is 2.95. The van der Waals surface area contributed by atoms with Gasteiger partial charge in [0.1, 0.15) is 11.6 Å². The van der Waals surface area contributed by atoms with Crippen molar-refractivity contribution in [3.8, 4) is 5.75 Å². The van der Waals surface area contributed by atoms with E-state index in [0.29, 0.717) is 11.1 Å². The molecule has 0 radical (unpaired) electrons. The minimum atomic E-state index is -2.89. The molecule has 0 amide bonds. The number of pyridine rings is 1. The van der Waals surface area contributed by atoms with Gasteiger partial charge in [0.05, 0.1) is 12.2 Å². The van der Waals surface area contributed by atoms with Crippen LogP contribution in [0.4, 0.5) is 13.2 Å². The molecule has 1 unspecified atom stereocenters. The van der Waals surface area contributed by atoms with E-state index in [9.17, 15) is 13.2 Å². The molecule has 0 aliphatic rings. The molecule has 6 heteroatoms. The van der Waals surface area contributed by atoms with Crippen LogP contribution in [0.2, 0.25) is 0 Å². The zero-order valence-electron chi connectivity index (χ0n) is 10.7. The number of hydrogen-bond acceptors (Lipinski definition) is 3. The largest absolute Gasteiger partial charge is 0.435 e. The van der Waals surface area contributed by atoms with Crippen LogP contribution in [0.5, 0.6) is 5.75 Å². The zero-order valence-corrected chi connectivity index (χ0v) is 10.7. The molecule has 1 atom stereocenters. The van der Waals surface area contributed by atoms with Crippen molar-refractivity contribution in [1.82, 2.24) is 10.3 Å². The average Bonchev–Trinajstić information content (AvgIpc) is 2.41. The molecule has 0 aliphatic carbocycles. The van der Waals surface area contributed by atoms with Crippen molar-refractivity contribution in [2.45, 2.75) is 12.7 Å². The quantitative estimate of drug-likeness (QED) is 0.915. The molecule has 1 aromatic carbocycles. The second-order valence-electron chi connectivity index (χ2n) is 4.07.